The van der Waals surface area contributed by atoms with Gasteiger partial charge >= 0.3 is 0 Å². The highest BCUT2D eigenvalue weighted by molar-refractivity contribution is 7.25. The van der Waals surface area contributed by atoms with Gasteiger partial charge in [0.05, 0.1) is 5.41 Å². The molecule has 1 nitrogen and oxygen atoms in total. The molecule has 0 unspecified atom stereocenters. The van der Waals surface area contributed by atoms with Crippen LogP contribution in [0.3, 0.4) is 0 Å². The molecule has 10 aromatic rings. The summed E-state index contributed by atoms with van der Waals surface area (Å²) < 4.78 is 2.64. The van der Waals surface area contributed by atoms with Gasteiger partial charge in [-0.05, 0) is 104 Å². The molecule has 57 heavy (non-hydrogen) atoms. The lowest BCUT2D eigenvalue weighted by Crippen LogP contribution is -2.28. The number of benzene rings is 9. The van der Waals surface area contributed by atoms with E-state index >= 15 is 0 Å². The van der Waals surface area contributed by atoms with Crippen molar-refractivity contribution >= 4 is 48.6 Å². The molecule has 0 N–H and O–H groups in total. The highest BCUT2D eigenvalue weighted by Crippen LogP contribution is 2.56. The number of fused-ring (bicyclic) bond motifs is 6. The van der Waals surface area contributed by atoms with Gasteiger partial charge in [-0.15, -0.1) is 11.3 Å². The molecule has 11 rings (SSSR count). The first kappa shape index (κ1) is 33.3. The summed E-state index contributed by atoms with van der Waals surface area (Å²) >= 11 is 1.87. The predicted octanol–water partition coefficient (Wildman–Crippen LogP) is 15.2. The van der Waals surface area contributed by atoms with Gasteiger partial charge in [0.2, 0.25) is 0 Å². The summed E-state index contributed by atoms with van der Waals surface area (Å²) in [7, 11) is 0. The first-order valence-electron chi connectivity index (χ1n) is 19.6. The van der Waals surface area contributed by atoms with Crippen LogP contribution in [0.1, 0.15) is 22.3 Å². The van der Waals surface area contributed by atoms with Gasteiger partial charge in [-0.3, -0.25) is 0 Å². The second kappa shape index (κ2) is 13.6. The Bertz CT molecular complexity index is 2990. The third-order valence-corrected chi connectivity index (χ3v) is 12.9. The van der Waals surface area contributed by atoms with Gasteiger partial charge in [0, 0.05) is 37.2 Å². The fourth-order valence-electron chi connectivity index (χ4n) is 9.26. The molecule has 1 aliphatic rings. The van der Waals surface area contributed by atoms with Gasteiger partial charge in [0.1, 0.15) is 0 Å². The fraction of sp³-hybridized carbons (Fsp3) is 0.0182. The molecule has 0 spiro atoms. The van der Waals surface area contributed by atoms with Gasteiger partial charge in [0.15, 0.2) is 0 Å². The fourth-order valence-corrected chi connectivity index (χ4v) is 10.4. The minimum Gasteiger partial charge on any atom is -0.311 e. The molecule has 0 fully saturated rings. The SMILES string of the molecule is c1ccc(-c2ccc(N(c3ccc(-c4cccc5sc6ccccc6c45)cc3)c3ccc(C4(c5ccccc5)c5ccccc5-c5ccccc54)cc3)cc2)cc1. The van der Waals surface area contributed by atoms with Crippen LogP contribution in [0.4, 0.5) is 17.1 Å². The molecule has 2 heteroatoms. The maximum Gasteiger partial charge on any atom is 0.0713 e. The molecule has 0 aliphatic heterocycles. The molecule has 1 aromatic heterocycles. The maximum absolute atomic E-state index is 2.38. The summed E-state index contributed by atoms with van der Waals surface area (Å²) in [6.07, 6.45) is 0. The van der Waals surface area contributed by atoms with Crippen LogP contribution in [0, 0.1) is 0 Å². The first-order valence-corrected chi connectivity index (χ1v) is 20.4. The van der Waals surface area contributed by atoms with Crippen LogP contribution < -0.4 is 4.90 Å². The monoisotopic (exact) mass is 743 g/mol. The van der Waals surface area contributed by atoms with Crippen molar-refractivity contribution < 1.29 is 0 Å². The Hall–Kier alpha value is -7.00. The minimum absolute atomic E-state index is 0.441. The predicted molar refractivity (Wildman–Crippen MR) is 242 cm³/mol. The Morgan fingerprint density at radius 1 is 0.316 bits per heavy atom. The zero-order chi connectivity index (χ0) is 37.8. The summed E-state index contributed by atoms with van der Waals surface area (Å²) in [6.45, 7) is 0. The zero-order valence-electron chi connectivity index (χ0n) is 31.2. The molecule has 0 bridgehead atoms. The van der Waals surface area contributed by atoms with Gasteiger partial charge < -0.3 is 4.90 Å². The molecule has 1 aliphatic carbocycles. The van der Waals surface area contributed by atoms with Gasteiger partial charge in [-0.25, -0.2) is 0 Å². The molecular formula is C55H37NS. The Morgan fingerprint density at radius 3 is 1.42 bits per heavy atom. The Kier molecular flexibility index (Phi) is 7.98. The van der Waals surface area contributed by atoms with Crippen molar-refractivity contribution in [3.8, 4) is 33.4 Å². The zero-order valence-corrected chi connectivity index (χ0v) is 32.0. The van der Waals surface area contributed by atoms with E-state index < -0.39 is 5.41 Å². The molecule has 0 saturated heterocycles. The van der Waals surface area contributed by atoms with E-state index in [2.05, 4.69) is 229 Å². The number of rotatable bonds is 7. The first-order chi connectivity index (χ1) is 28.3. The van der Waals surface area contributed by atoms with Crippen molar-refractivity contribution in [2.24, 2.45) is 0 Å². The highest BCUT2D eigenvalue weighted by atomic mass is 32.1. The van der Waals surface area contributed by atoms with Crippen molar-refractivity contribution in [3.63, 3.8) is 0 Å². The van der Waals surface area contributed by atoms with Crippen molar-refractivity contribution in [3.05, 3.63) is 247 Å². The van der Waals surface area contributed by atoms with E-state index in [1.165, 1.54) is 75.8 Å². The van der Waals surface area contributed by atoms with E-state index in [0.717, 1.165) is 17.1 Å². The van der Waals surface area contributed by atoms with E-state index in [1.54, 1.807) is 0 Å². The molecule has 0 saturated carbocycles. The lowest BCUT2D eigenvalue weighted by molar-refractivity contribution is 0.768. The van der Waals surface area contributed by atoms with E-state index in [-0.39, 0.29) is 0 Å². The summed E-state index contributed by atoms with van der Waals surface area (Å²) in [6, 6.07) is 82.3. The van der Waals surface area contributed by atoms with Crippen LogP contribution in [-0.4, -0.2) is 0 Å². The lowest BCUT2D eigenvalue weighted by Gasteiger charge is -2.34. The molecule has 9 aromatic carbocycles. The third-order valence-electron chi connectivity index (χ3n) is 11.8. The number of anilines is 3. The standard InChI is InChI=1S/C55H37NS/c1-3-14-38(15-4-1)39-26-32-43(33-27-39)56(44-34-28-40(29-35-44)46-21-13-25-53-54(46)49-20-9-12-24-52(49)57-53)45-36-30-42(31-37-45)55(41-16-5-2-6-17-41)50-22-10-7-18-47(50)48-19-8-11-23-51(48)55/h1-37H. The topological polar surface area (TPSA) is 3.24 Å². The average molecular weight is 744 g/mol. The second-order valence-electron chi connectivity index (χ2n) is 14.8. The van der Waals surface area contributed by atoms with E-state index in [1.807, 2.05) is 11.3 Å². The number of nitrogens with zero attached hydrogens (tertiary/aromatic N) is 1. The van der Waals surface area contributed by atoms with Gasteiger partial charge in [-0.1, -0.05) is 176 Å². The van der Waals surface area contributed by atoms with E-state index in [4.69, 9.17) is 0 Å². The second-order valence-corrected chi connectivity index (χ2v) is 15.9. The quantitative estimate of drug-likeness (QED) is 0.157. The normalized spacial score (nSPS) is 12.7. The molecule has 0 radical (unpaired) electrons. The maximum atomic E-state index is 2.38. The smallest absolute Gasteiger partial charge is 0.0713 e. The lowest BCUT2D eigenvalue weighted by atomic mass is 9.68. The number of hydrogen-bond acceptors (Lipinski definition) is 2. The minimum atomic E-state index is -0.441. The molecular weight excluding hydrogens is 707 g/mol. The Labute approximate surface area is 337 Å². The van der Waals surface area contributed by atoms with Crippen molar-refractivity contribution in [1.29, 1.82) is 0 Å². The van der Waals surface area contributed by atoms with Crippen LogP contribution in [-0.2, 0) is 5.41 Å². The summed E-state index contributed by atoms with van der Waals surface area (Å²) in [5.74, 6) is 0. The molecule has 268 valence electrons. The number of thiophene rings is 1. The largest absolute Gasteiger partial charge is 0.311 e. The van der Waals surface area contributed by atoms with Crippen LogP contribution in [0.25, 0.3) is 53.6 Å². The van der Waals surface area contributed by atoms with Crippen LogP contribution in [0.2, 0.25) is 0 Å². The Morgan fingerprint density at radius 2 is 0.772 bits per heavy atom. The van der Waals surface area contributed by atoms with E-state index in [9.17, 15) is 0 Å². The highest BCUT2D eigenvalue weighted by Gasteiger charge is 2.45. The van der Waals surface area contributed by atoms with Crippen molar-refractivity contribution in [2.75, 3.05) is 4.90 Å². The third kappa shape index (κ3) is 5.37. The summed E-state index contributed by atoms with van der Waals surface area (Å²) in [4.78, 5) is 2.38. The average Bonchev–Trinajstić information content (AvgIpc) is 3.82. The van der Waals surface area contributed by atoms with Gasteiger partial charge in [-0.2, -0.15) is 0 Å². The van der Waals surface area contributed by atoms with Crippen LogP contribution >= 0.6 is 11.3 Å². The van der Waals surface area contributed by atoms with Gasteiger partial charge in [0.25, 0.3) is 0 Å². The van der Waals surface area contributed by atoms with Crippen molar-refractivity contribution in [1.82, 2.24) is 0 Å². The van der Waals surface area contributed by atoms with E-state index in [0.29, 0.717) is 0 Å². The van der Waals surface area contributed by atoms with Crippen molar-refractivity contribution in [2.45, 2.75) is 5.41 Å². The molecule has 0 atom stereocenters. The number of hydrogen-bond donors (Lipinski definition) is 0. The summed E-state index contributed by atoms with van der Waals surface area (Å²) in [5, 5.41) is 2.65. The molecule has 0 amide bonds. The molecule has 1 heterocycles. The summed E-state index contributed by atoms with van der Waals surface area (Å²) in [5.41, 5.74) is 15.5. The van der Waals surface area contributed by atoms with Crippen LogP contribution in [0.5, 0.6) is 0 Å². The Balaban J connectivity index is 1.05. The van der Waals surface area contributed by atoms with Crippen LogP contribution in [0.15, 0.2) is 224 Å².